The Morgan fingerprint density at radius 3 is 2.57 bits per heavy atom. The second kappa shape index (κ2) is 2.84. The quantitative estimate of drug-likeness (QED) is 0.676. The first kappa shape index (κ1) is 9.25. The van der Waals surface area contributed by atoms with Crippen molar-refractivity contribution in [3.05, 3.63) is 29.6 Å². The van der Waals surface area contributed by atoms with Crippen molar-refractivity contribution in [3.8, 4) is 0 Å². The Hall–Kier alpha value is -1.31. The van der Waals surface area contributed by atoms with Crippen LogP contribution in [0.2, 0.25) is 0 Å². The van der Waals surface area contributed by atoms with E-state index in [-0.39, 0.29) is 5.41 Å². The molecule has 0 saturated heterocycles. The summed E-state index contributed by atoms with van der Waals surface area (Å²) in [6.45, 7) is 8.83. The highest BCUT2D eigenvalue weighted by Gasteiger charge is 2.17. The number of hydrogen-bond acceptors (Lipinski definition) is 1. The van der Waals surface area contributed by atoms with E-state index in [0.29, 0.717) is 0 Å². The Labute approximate surface area is 84.4 Å². The fraction of sp³-hybridized carbons (Fsp3) is 0.417. The van der Waals surface area contributed by atoms with Gasteiger partial charge in [-0.15, -0.1) is 0 Å². The molecule has 0 saturated carbocycles. The standard InChI is InChI=1S/C12H16N2/c1-8-9(12(2,3)4)5-6-10-11(8)14-7-13-10/h5-7H,1-4H3,(H,13,14). The molecule has 0 atom stereocenters. The van der Waals surface area contributed by atoms with Crippen LogP contribution in [-0.2, 0) is 5.41 Å². The second-order valence-corrected chi connectivity index (χ2v) is 4.79. The minimum absolute atomic E-state index is 0.192. The van der Waals surface area contributed by atoms with Gasteiger partial charge in [0.05, 0.1) is 17.4 Å². The molecule has 2 rings (SSSR count). The molecular formula is C12H16N2. The van der Waals surface area contributed by atoms with Crippen LogP contribution in [0.3, 0.4) is 0 Å². The highest BCUT2D eigenvalue weighted by Crippen LogP contribution is 2.29. The van der Waals surface area contributed by atoms with E-state index >= 15 is 0 Å². The van der Waals surface area contributed by atoms with Crippen molar-refractivity contribution >= 4 is 11.0 Å². The molecule has 0 spiro atoms. The van der Waals surface area contributed by atoms with Crippen LogP contribution in [0.1, 0.15) is 31.9 Å². The average molecular weight is 188 g/mol. The van der Waals surface area contributed by atoms with Gasteiger partial charge in [0.15, 0.2) is 0 Å². The molecule has 14 heavy (non-hydrogen) atoms. The van der Waals surface area contributed by atoms with Gasteiger partial charge < -0.3 is 4.98 Å². The van der Waals surface area contributed by atoms with Crippen LogP contribution in [-0.4, -0.2) is 9.97 Å². The molecule has 2 nitrogen and oxygen atoms in total. The van der Waals surface area contributed by atoms with Crippen molar-refractivity contribution in [1.82, 2.24) is 9.97 Å². The third kappa shape index (κ3) is 1.31. The lowest BCUT2D eigenvalue weighted by atomic mass is 9.84. The summed E-state index contributed by atoms with van der Waals surface area (Å²) in [6.07, 6.45) is 1.75. The van der Waals surface area contributed by atoms with E-state index in [1.807, 2.05) is 0 Å². The topological polar surface area (TPSA) is 28.7 Å². The number of nitrogens with one attached hydrogen (secondary N) is 1. The molecule has 0 unspecified atom stereocenters. The van der Waals surface area contributed by atoms with E-state index in [1.54, 1.807) is 6.33 Å². The highest BCUT2D eigenvalue weighted by atomic mass is 14.9. The summed E-state index contributed by atoms with van der Waals surface area (Å²) in [4.78, 5) is 7.46. The van der Waals surface area contributed by atoms with Crippen molar-refractivity contribution in [3.63, 3.8) is 0 Å². The molecule has 0 aliphatic heterocycles. The van der Waals surface area contributed by atoms with Crippen LogP contribution in [0.4, 0.5) is 0 Å². The second-order valence-electron chi connectivity index (χ2n) is 4.79. The maximum absolute atomic E-state index is 4.34. The molecule has 0 fully saturated rings. The predicted molar refractivity (Wildman–Crippen MR) is 59.5 cm³/mol. The molecule has 0 aliphatic rings. The van der Waals surface area contributed by atoms with Crippen LogP contribution >= 0.6 is 0 Å². The zero-order chi connectivity index (χ0) is 10.3. The van der Waals surface area contributed by atoms with Gasteiger partial charge in [0.25, 0.3) is 0 Å². The van der Waals surface area contributed by atoms with Crippen molar-refractivity contribution < 1.29 is 0 Å². The van der Waals surface area contributed by atoms with Crippen LogP contribution < -0.4 is 0 Å². The predicted octanol–water partition coefficient (Wildman–Crippen LogP) is 3.17. The van der Waals surface area contributed by atoms with Crippen LogP contribution in [0.5, 0.6) is 0 Å². The fourth-order valence-electron chi connectivity index (χ4n) is 1.96. The van der Waals surface area contributed by atoms with Crippen molar-refractivity contribution in [2.75, 3.05) is 0 Å². The molecule has 0 amide bonds. The maximum atomic E-state index is 4.34. The molecule has 1 N–H and O–H groups in total. The van der Waals surface area contributed by atoms with Crippen molar-refractivity contribution in [2.45, 2.75) is 33.1 Å². The lowest BCUT2D eigenvalue weighted by Crippen LogP contribution is -2.13. The Kier molecular flexibility index (Phi) is 1.88. The number of nitrogens with zero attached hydrogens (tertiary/aromatic N) is 1. The molecule has 0 aliphatic carbocycles. The van der Waals surface area contributed by atoms with E-state index in [9.17, 15) is 0 Å². The van der Waals surface area contributed by atoms with Gasteiger partial charge in [0, 0.05) is 0 Å². The van der Waals surface area contributed by atoms with Crippen LogP contribution in [0.15, 0.2) is 18.5 Å². The first-order valence-corrected chi connectivity index (χ1v) is 4.93. The summed E-state index contributed by atoms with van der Waals surface area (Å²) in [5.74, 6) is 0. The van der Waals surface area contributed by atoms with E-state index < -0.39 is 0 Å². The molecule has 1 aromatic carbocycles. The number of H-pyrrole nitrogens is 1. The minimum Gasteiger partial charge on any atom is -0.345 e. The van der Waals surface area contributed by atoms with Gasteiger partial charge in [-0.2, -0.15) is 0 Å². The molecule has 74 valence electrons. The highest BCUT2D eigenvalue weighted by molar-refractivity contribution is 5.79. The summed E-state index contributed by atoms with van der Waals surface area (Å²) in [5, 5.41) is 0. The first-order valence-electron chi connectivity index (χ1n) is 4.93. The van der Waals surface area contributed by atoms with E-state index in [1.165, 1.54) is 11.1 Å². The average Bonchev–Trinajstić information content (AvgIpc) is 2.50. The van der Waals surface area contributed by atoms with Gasteiger partial charge in [0.2, 0.25) is 0 Å². The number of aromatic nitrogens is 2. The number of hydrogen-bond donors (Lipinski definition) is 1. The zero-order valence-corrected chi connectivity index (χ0v) is 9.18. The molecule has 2 aromatic rings. The number of aromatic amines is 1. The number of benzene rings is 1. The Bertz CT molecular complexity index is 461. The lowest BCUT2D eigenvalue weighted by Gasteiger charge is -2.21. The molecule has 1 heterocycles. The fourth-order valence-corrected chi connectivity index (χ4v) is 1.96. The molecular weight excluding hydrogens is 172 g/mol. The van der Waals surface area contributed by atoms with Gasteiger partial charge in [-0.05, 0) is 29.5 Å². The third-order valence-electron chi connectivity index (χ3n) is 2.65. The normalized spacial score (nSPS) is 12.3. The Morgan fingerprint density at radius 1 is 1.21 bits per heavy atom. The monoisotopic (exact) mass is 188 g/mol. The molecule has 0 radical (unpaired) electrons. The maximum Gasteiger partial charge on any atom is 0.0931 e. The summed E-state index contributed by atoms with van der Waals surface area (Å²) in [7, 11) is 0. The van der Waals surface area contributed by atoms with E-state index in [0.717, 1.165) is 11.0 Å². The number of rotatable bonds is 0. The Morgan fingerprint density at radius 2 is 1.93 bits per heavy atom. The largest absolute Gasteiger partial charge is 0.345 e. The number of fused-ring (bicyclic) bond motifs is 1. The van der Waals surface area contributed by atoms with Crippen LogP contribution in [0, 0.1) is 6.92 Å². The molecule has 1 aromatic heterocycles. The molecule has 2 heteroatoms. The summed E-state index contributed by atoms with van der Waals surface area (Å²) >= 11 is 0. The van der Waals surface area contributed by atoms with E-state index in [2.05, 4.69) is 49.8 Å². The van der Waals surface area contributed by atoms with Gasteiger partial charge >= 0.3 is 0 Å². The first-order chi connectivity index (χ1) is 6.50. The van der Waals surface area contributed by atoms with Gasteiger partial charge in [-0.3, -0.25) is 0 Å². The van der Waals surface area contributed by atoms with Crippen molar-refractivity contribution in [2.24, 2.45) is 0 Å². The van der Waals surface area contributed by atoms with E-state index in [4.69, 9.17) is 0 Å². The van der Waals surface area contributed by atoms with Crippen molar-refractivity contribution in [1.29, 1.82) is 0 Å². The Balaban J connectivity index is 2.74. The SMILES string of the molecule is Cc1c(C(C)(C)C)ccc2[nH]cnc12. The minimum atomic E-state index is 0.192. The third-order valence-corrected chi connectivity index (χ3v) is 2.65. The summed E-state index contributed by atoms with van der Waals surface area (Å²) in [5.41, 5.74) is 5.07. The van der Waals surface area contributed by atoms with Gasteiger partial charge in [0.1, 0.15) is 0 Å². The summed E-state index contributed by atoms with van der Waals surface area (Å²) in [6, 6.07) is 4.30. The summed E-state index contributed by atoms with van der Waals surface area (Å²) < 4.78 is 0. The van der Waals surface area contributed by atoms with Gasteiger partial charge in [-0.25, -0.2) is 4.98 Å². The number of aryl methyl sites for hydroxylation is 1. The number of imidazole rings is 1. The zero-order valence-electron chi connectivity index (χ0n) is 9.18. The molecule has 0 bridgehead atoms. The smallest absolute Gasteiger partial charge is 0.0931 e. The lowest BCUT2D eigenvalue weighted by molar-refractivity contribution is 0.587. The van der Waals surface area contributed by atoms with Crippen LogP contribution in [0.25, 0.3) is 11.0 Å². The van der Waals surface area contributed by atoms with Gasteiger partial charge in [-0.1, -0.05) is 26.8 Å².